The van der Waals surface area contributed by atoms with Gasteiger partial charge in [0.05, 0.1) is 12.1 Å². The number of hydrogen-bond acceptors (Lipinski definition) is 8. The number of hydroxylamine groups is 1. The quantitative estimate of drug-likeness (QED) is 0.100. The molecule has 0 spiro atoms. The van der Waals surface area contributed by atoms with Crippen LogP contribution in [0.3, 0.4) is 0 Å². The number of nitrogens with two attached hydrogens (primary N) is 2. The molecule has 0 aliphatic heterocycles. The number of carbonyl (C=O) groups is 4. The fraction of sp³-hybridized carbons (Fsp3) is 0.290. The van der Waals surface area contributed by atoms with Crippen molar-refractivity contribution in [3.05, 3.63) is 90.0 Å². The van der Waals surface area contributed by atoms with Gasteiger partial charge in [0.2, 0.25) is 11.8 Å². The summed E-state index contributed by atoms with van der Waals surface area (Å²) < 4.78 is 0. The van der Waals surface area contributed by atoms with Crippen LogP contribution in [0.1, 0.15) is 35.7 Å². The standard InChI is InChI=1S/C31H38N6O6/c1-19(38)27(31(42)37-43)36-28(39)23-11-9-21(10-12-23)22-13-15-24(16-14-22)34-30(41)26(18-20-6-3-2-4-7-20)35-29(40)25(33)8-5-17-32/h2-4,6-7,9-16,19,25-27,38,43H,5,8,17-18,32-33H2,1H3,(H,34,41)(H,35,40)(H,36,39)(H,37,42)/t19-,25?,26+,27+/m1/s1. The van der Waals surface area contributed by atoms with Crippen molar-refractivity contribution in [2.75, 3.05) is 11.9 Å². The molecule has 0 radical (unpaired) electrons. The van der Waals surface area contributed by atoms with E-state index in [1.165, 1.54) is 12.4 Å². The molecule has 0 aliphatic carbocycles. The van der Waals surface area contributed by atoms with E-state index >= 15 is 0 Å². The molecule has 0 aromatic heterocycles. The van der Waals surface area contributed by atoms with Gasteiger partial charge in [-0.25, -0.2) is 5.48 Å². The Morgan fingerprint density at radius 1 is 0.814 bits per heavy atom. The third-order valence-corrected chi connectivity index (χ3v) is 6.77. The first-order valence-corrected chi connectivity index (χ1v) is 13.9. The van der Waals surface area contributed by atoms with E-state index in [-0.39, 0.29) is 12.0 Å². The second-order valence-electron chi connectivity index (χ2n) is 10.1. The smallest absolute Gasteiger partial charge is 0.268 e. The molecule has 228 valence electrons. The molecule has 4 atom stereocenters. The van der Waals surface area contributed by atoms with Gasteiger partial charge in [-0.2, -0.15) is 0 Å². The van der Waals surface area contributed by atoms with Crippen molar-refractivity contribution in [2.45, 2.75) is 50.4 Å². The van der Waals surface area contributed by atoms with Crippen LogP contribution in [-0.2, 0) is 20.8 Å². The molecule has 3 rings (SSSR count). The number of nitrogens with one attached hydrogen (secondary N) is 4. The Balaban J connectivity index is 1.67. The first kappa shape index (κ1) is 32.9. The molecular weight excluding hydrogens is 552 g/mol. The van der Waals surface area contributed by atoms with Gasteiger partial charge in [-0.05, 0) is 67.3 Å². The van der Waals surface area contributed by atoms with Crippen LogP contribution in [0.4, 0.5) is 5.69 Å². The van der Waals surface area contributed by atoms with Crippen LogP contribution in [0.15, 0.2) is 78.9 Å². The number of anilines is 1. The van der Waals surface area contributed by atoms with Gasteiger partial charge >= 0.3 is 0 Å². The second-order valence-corrected chi connectivity index (χ2v) is 10.1. The Bertz CT molecular complexity index is 1370. The molecular formula is C31H38N6O6. The highest BCUT2D eigenvalue weighted by Crippen LogP contribution is 2.22. The topological polar surface area (TPSA) is 209 Å². The van der Waals surface area contributed by atoms with Gasteiger partial charge in [-0.1, -0.05) is 54.6 Å². The highest BCUT2D eigenvalue weighted by atomic mass is 16.5. The predicted molar refractivity (Wildman–Crippen MR) is 162 cm³/mol. The van der Waals surface area contributed by atoms with Gasteiger partial charge < -0.3 is 32.5 Å². The monoisotopic (exact) mass is 590 g/mol. The fourth-order valence-corrected chi connectivity index (χ4v) is 4.30. The summed E-state index contributed by atoms with van der Waals surface area (Å²) in [4.78, 5) is 50.2. The van der Waals surface area contributed by atoms with Crippen molar-refractivity contribution in [3.8, 4) is 11.1 Å². The van der Waals surface area contributed by atoms with E-state index < -0.39 is 47.9 Å². The lowest BCUT2D eigenvalue weighted by molar-refractivity contribution is -0.133. The SMILES string of the molecule is C[C@@H](O)[C@H](NC(=O)c1ccc(-c2ccc(NC(=O)[C@H](Cc3ccccc3)NC(=O)C(N)CCCN)cc2)cc1)C(=O)NO. The second kappa shape index (κ2) is 16.1. The minimum absolute atomic E-state index is 0.248. The first-order valence-electron chi connectivity index (χ1n) is 13.9. The van der Waals surface area contributed by atoms with Crippen molar-refractivity contribution in [2.24, 2.45) is 11.5 Å². The van der Waals surface area contributed by atoms with Crippen LogP contribution in [0, 0.1) is 0 Å². The molecule has 0 saturated heterocycles. The van der Waals surface area contributed by atoms with Crippen LogP contribution in [0.25, 0.3) is 11.1 Å². The Hall–Kier alpha value is -4.62. The number of aliphatic hydroxyl groups is 1. The third kappa shape index (κ3) is 9.72. The summed E-state index contributed by atoms with van der Waals surface area (Å²) in [6.45, 7) is 1.73. The molecule has 12 heteroatoms. The lowest BCUT2D eigenvalue weighted by Gasteiger charge is -2.21. The maximum Gasteiger partial charge on any atom is 0.268 e. The van der Waals surface area contributed by atoms with Gasteiger partial charge in [0.15, 0.2) is 0 Å². The molecule has 43 heavy (non-hydrogen) atoms. The van der Waals surface area contributed by atoms with E-state index in [2.05, 4.69) is 16.0 Å². The van der Waals surface area contributed by atoms with Crippen molar-refractivity contribution in [3.63, 3.8) is 0 Å². The third-order valence-electron chi connectivity index (χ3n) is 6.77. The summed E-state index contributed by atoms with van der Waals surface area (Å²) in [6, 6.07) is 20.0. The van der Waals surface area contributed by atoms with Gasteiger partial charge in [0, 0.05) is 17.7 Å². The Morgan fingerprint density at radius 2 is 1.42 bits per heavy atom. The van der Waals surface area contributed by atoms with Crippen LogP contribution < -0.4 is 32.9 Å². The van der Waals surface area contributed by atoms with Crippen LogP contribution in [-0.4, -0.2) is 64.7 Å². The molecule has 0 heterocycles. The summed E-state index contributed by atoms with van der Waals surface area (Å²) in [5.74, 6) is -2.35. The number of carbonyl (C=O) groups excluding carboxylic acids is 4. The Morgan fingerprint density at radius 3 is 1.98 bits per heavy atom. The summed E-state index contributed by atoms with van der Waals surface area (Å²) in [6.07, 6.45) is 0.0680. The maximum atomic E-state index is 13.2. The Kier molecular flexibility index (Phi) is 12.3. The molecule has 12 nitrogen and oxygen atoms in total. The molecule has 0 bridgehead atoms. The summed E-state index contributed by atoms with van der Waals surface area (Å²) in [7, 11) is 0. The summed E-state index contributed by atoms with van der Waals surface area (Å²) in [5.41, 5.74) is 16.2. The predicted octanol–water partition coefficient (Wildman–Crippen LogP) is 1.07. The van der Waals surface area contributed by atoms with E-state index in [4.69, 9.17) is 16.7 Å². The van der Waals surface area contributed by atoms with Crippen molar-refractivity contribution < 1.29 is 29.5 Å². The molecule has 0 saturated carbocycles. The average Bonchev–Trinajstić information content (AvgIpc) is 3.02. The van der Waals surface area contributed by atoms with E-state index in [0.717, 1.165) is 16.7 Å². The van der Waals surface area contributed by atoms with Crippen molar-refractivity contribution >= 4 is 29.3 Å². The van der Waals surface area contributed by atoms with Gasteiger partial charge in [-0.3, -0.25) is 24.4 Å². The van der Waals surface area contributed by atoms with Crippen LogP contribution in [0.2, 0.25) is 0 Å². The molecule has 4 amide bonds. The summed E-state index contributed by atoms with van der Waals surface area (Å²) in [5, 5.41) is 26.6. The first-order chi connectivity index (χ1) is 20.6. The van der Waals surface area contributed by atoms with E-state index in [9.17, 15) is 24.3 Å². The van der Waals surface area contributed by atoms with E-state index in [1.54, 1.807) is 48.5 Å². The van der Waals surface area contributed by atoms with Crippen LogP contribution >= 0.6 is 0 Å². The largest absolute Gasteiger partial charge is 0.391 e. The normalized spacial score (nSPS) is 13.6. The molecule has 0 aliphatic rings. The van der Waals surface area contributed by atoms with Gasteiger partial charge in [0.25, 0.3) is 11.8 Å². The minimum atomic E-state index is -1.33. The maximum absolute atomic E-state index is 13.2. The number of hydrogen-bond donors (Lipinski definition) is 8. The molecule has 3 aromatic rings. The lowest BCUT2D eigenvalue weighted by Crippen LogP contribution is -2.51. The zero-order valence-corrected chi connectivity index (χ0v) is 23.8. The van der Waals surface area contributed by atoms with E-state index in [0.29, 0.717) is 25.1 Å². The number of amides is 4. The molecule has 1 unspecified atom stereocenters. The van der Waals surface area contributed by atoms with Gasteiger partial charge in [0.1, 0.15) is 12.1 Å². The van der Waals surface area contributed by atoms with Crippen molar-refractivity contribution in [1.29, 1.82) is 0 Å². The molecule has 0 fully saturated rings. The van der Waals surface area contributed by atoms with Crippen LogP contribution in [0.5, 0.6) is 0 Å². The number of benzene rings is 3. The van der Waals surface area contributed by atoms with Gasteiger partial charge in [-0.15, -0.1) is 0 Å². The van der Waals surface area contributed by atoms with E-state index in [1.807, 2.05) is 30.3 Å². The highest BCUT2D eigenvalue weighted by molar-refractivity contribution is 5.99. The van der Waals surface area contributed by atoms with Crippen molar-refractivity contribution in [1.82, 2.24) is 16.1 Å². The summed E-state index contributed by atoms with van der Waals surface area (Å²) >= 11 is 0. The average molecular weight is 591 g/mol. The Labute approximate surface area is 249 Å². The zero-order valence-electron chi connectivity index (χ0n) is 23.8. The lowest BCUT2D eigenvalue weighted by atomic mass is 10.0. The number of rotatable bonds is 14. The minimum Gasteiger partial charge on any atom is -0.391 e. The number of aliphatic hydroxyl groups excluding tert-OH is 1. The molecule has 10 N–H and O–H groups in total. The highest BCUT2D eigenvalue weighted by Gasteiger charge is 2.26. The molecule has 3 aromatic carbocycles. The zero-order chi connectivity index (χ0) is 31.4. The fourth-order valence-electron chi connectivity index (χ4n) is 4.30.